The Kier molecular flexibility index (Phi) is 4.95. The molecule has 1 unspecified atom stereocenters. The van der Waals surface area contributed by atoms with Crippen molar-refractivity contribution in [3.8, 4) is 6.07 Å². The number of alkyl halides is 1. The summed E-state index contributed by atoms with van der Waals surface area (Å²) in [5, 5.41) is 9.78. The summed E-state index contributed by atoms with van der Waals surface area (Å²) in [6, 6.07) is 2.15. The average molecular weight is 333 g/mol. The van der Waals surface area contributed by atoms with Gasteiger partial charge in [-0.25, -0.2) is 8.42 Å². The van der Waals surface area contributed by atoms with Crippen molar-refractivity contribution >= 4 is 38.0 Å². The molecule has 1 aliphatic rings. The van der Waals surface area contributed by atoms with Crippen LogP contribution in [-0.2, 0) is 22.9 Å². The molecule has 4 nitrogen and oxygen atoms in total. The summed E-state index contributed by atoms with van der Waals surface area (Å²) in [5.74, 6) is 0.888. The maximum atomic E-state index is 11.9. The molecule has 0 saturated heterocycles. The number of thiophene rings is 1. The fraction of sp³-hybridized carbons (Fsp3) is 0.615. The van der Waals surface area contributed by atoms with Crippen LogP contribution >= 0.6 is 22.9 Å². The molecule has 1 aromatic heterocycles. The van der Waals surface area contributed by atoms with Crippen LogP contribution in [0.2, 0.25) is 0 Å². The van der Waals surface area contributed by atoms with Gasteiger partial charge in [0.05, 0.1) is 11.3 Å². The molecule has 0 fully saturated rings. The molecule has 7 heteroatoms. The van der Waals surface area contributed by atoms with Crippen LogP contribution in [0.3, 0.4) is 0 Å². The lowest BCUT2D eigenvalue weighted by molar-refractivity contribution is 0.507. The van der Waals surface area contributed by atoms with Crippen LogP contribution in [0.25, 0.3) is 0 Å². The largest absolute Gasteiger partial charge is 0.273 e. The van der Waals surface area contributed by atoms with Gasteiger partial charge >= 0.3 is 0 Å². The molecule has 0 radical (unpaired) electrons. The fourth-order valence-corrected chi connectivity index (χ4v) is 5.44. The molecule has 0 bridgehead atoms. The lowest BCUT2D eigenvalue weighted by atomic mass is 9.89. The summed E-state index contributed by atoms with van der Waals surface area (Å²) in [4.78, 5) is 1.15. The van der Waals surface area contributed by atoms with Crippen LogP contribution in [0.5, 0.6) is 0 Å². The van der Waals surface area contributed by atoms with Gasteiger partial charge in [-0.1, -0.05) is 6.92 Å². The quantitative estimate of drug-likeness (QED) is 0.842. The highest BCUT2D eigenvalue weighted by molar-refractivity contribution is 7.92. The molecule has 1 aromatic rings. The molecule has 1 aliphatic carbocycles. The zero-order chi connectivity index (χ0) is 14.8. The van der Waals surface area contributed by atoms with E-state index < -0.39 is 10.0 Å². The Balaban J connectivity index is 2.27. The first-order valence-corrected chi connectivity index (χ1v) is 9.58. The fourth-order valence-electron chi connectivity index (χ4n) is 2.38. The van der Waals surface area contributed by atoms with E-state index in [0.717, 1.165) is 29.7 Å². The second kappa shape index (κ2) is 6.33. The SMILES string of the molecule is CC1CCc2c(sc(NS(=O)(=O)CCCCl)c2C#N)C1. The summed E-state index contributed by atoms with van der Waals surface area (Å²) in [6.07, 6.45) is 3.25. The number of nitrogens with zero attached hydrogens (tertiary/aromatic N) is 1. The van der Waals surface area contributed by atoms with E-state index in [-0.39, 0.29) is 5.75 Å². The molecular weight excluding hydrogens is 316 g/mol. The molecule has 1 N–H and O–H groups in total. The van der Waals surface area contributed by atoms with Crippen LogP contribution in [0.15, 0.2) is 0 Å². The Labute approximate surface area is 128 Å². The number of anilines is 1. The maximum absolute atomic E-state index is 11.9. The highest BCUT2D eigenvalue weighted by Crippen LogP contribution is 2.39. The second-order valence-corrected chi connectivity index (χ2v) is 8.46. The van der Waals surface area contributed by atoms with E-state index in [4.69, 9.17) is 11.6 Å². The predicted molar refractivity (Wildman–Crippen MR) is 83.0 cm³/mol. The third-order valence-electron chi connectivity index (χ3n) is 3.42. The minimum absolute atomic E-state index is 0.0136. The number of sulfonamides is 1. The number of rotatable bonds is 5. The van der Waals surface area contributed by atoms with Gasteiger partial charge in [-0.05, 0) is 37.2 Å². The molecule has 1 atom stereocenters. The summed E-state index contributed by atoms with van der Waals surface area (Å²) in [5.41, 5.74) is 1.54. The van der Waals surface area contributed by atoms with Crippen LogP contribution in [0, 0.1) is 17.2 Å². The number of nitrogens with one attached hydrogen (secondary N) is 1. The minimum Gasteiger partial charge on any atom is -0.273 e. The molecule has 0 amide bonds. The van der Waals surface area contributed by atoms with E-state index >= 15 is 0 Å². The monoisotopic (exact) mass is 332 g/mol. The van der Waals surface area contributed by atoms with Crippen LogP contribution in [-0.4, -0.2) is 20.1 Å². The third-order valence-corrected chi connectivity index (χ3v) is 6.33. The van der Waals surface area contributed by atoms with Crippen LogP contribution in [0.1, 0.15) is 35.8 Å². The van der Waals surface area contributed by atoms with E-state index in [1.807, 2.05) is 0 Å². The highest BCUT2D eigenvalue weighted by atomic mass is 35.5. The number of nitriles is 1. The lowest BCUT2D eigenvalue weighted by Gasteiger charge is -2.17. The number of hydrogen-bond acceptors (Lipinski definition) is 4. The normalized spacial score (nSPS) is 18.4. The van der Waals surface area contributed by atoms with Crippen molar-refractivity contribution in [2.45, 2.75) is 32.6 Å². The van der Waals surface area contributed by atoms with Gasteiger partial charge in [0.25, 0.3) is 0 Å². The Morgan fingerprint density at radius 3 is 2.95 bits per heavy atom. The summed E-state index contributed by atoms with van der Waals surface area (Å²) < 4.78 is 26.4. The van der Waals surface area contributed by atoms with Gasteiger partial charge in [0.1, 0.15) is 11.1 Å². The Morgan fingerprint density at radius 2 is 2.30 bits per heavy atom. The van der Waals surface area contributed by atoms with Crippen molar-refractivity contribution in [3.05, 3.63) is 16.0 Å². The molecule has 1 heterocycles. The maximum Gasteiger partial charge on any atom is 0.233 e. The number of halogens is 1. The van der Waals surface area contributed by atoms with Crippen LogP contribution in [0.4, 0.5) is 5.00 Å². The predicted octanol–water partition coefficient (Wildman–Crippen LogP) is 3.12. The second-order valence-electron chi connectivity index (χ2n) is 5.13. The number of hydrogen-bond donors (Lipinski definition) is 1. The molecule has 0 aromatic carbocycles. The van der Waals surface area contributed by atoms with Crippen molar-refractivity contribution in [3.63, 3.8) is 0 Å². The topological polar surface area (TPSA) is 70.0 Å². The van der Waals surface area contributed by atoms with Crippen molar-refractivity contribution in [1.82, 2.24) is 0 Å². The van der Waals surface area contributed by atoms with Crippen molar-refractivity contribution in [1.29, 1.82) is 5.26 Å². The van der Waals surface area contributed by atoms with Crippen molar-refractivity contribution in [2.24, 2.45) is 5.92 Å². The summed E-state index contributed by atoms with van der Waals surface area (Å²) in [7, 11) is -3.42. The van der Waals surface area contributed by atoms with Crippen molar-refractivity contribution < 1.29 is 8.42 Å². The average Bonchev–Trinajstić information content (AvgIpc) is 2.71. The first-order chi connectivity index (χ1) is 9.46. The van der Waals surface area contributed by atoms with Gasteiger partial charge in [0.15, 0.2) is 0 Å². The standard InChI is InChI=1S/C13H17ClN2O2S2/c1-9-3-4-10-11(8-15)13(19-12(10)7-9)16-20(17,18)6-2-5-14/h9,16H,2-7H2,1H3. The Hall–Kier alpha value is -0.770. The molecule has 20 heavy (non-hydrogen) atoms. The first kappa shape index (κ1) is 15.6. The van der Waals surface area contributed by atoms with E-state index in [2.05, 4.69) is 17.7 Å². The van der Waals surface area contributed by atoms with E-state index in [9.17, 15) is 13.7 Å². The summed E-state index contributed by atoms with van der Waals surface area (Å²) >= 11 is 6.93. The Bertz CT molecular complexity index is 632. The van der Waals surface area contributed by atoms with E-state index in [1.54, 1.807) is 0 Å². The van der Waals surface area contributed by atoms with Gasteiger partial charge in [0.2, 0.25) is 10.0 Å². The van der Waals surface area contributed by atoms with Gasteiger partial charge in [0, 0.05) is 10.8 Å². The smallest absolute Gasteiger partial charge is 0.233 e. The number of fused-ring (bicyclic) bond motifs is 1. The Morgan fingerprint density at radius 1 is 1.55 bits per heavy atom. The van der Waals surface area contributed by atoms with Crippen molar-refractivity contribution in [2.75, 3.05) is 16.4 Å². The van der Waals surface area contributed by atoms with Gasteiger partial charge < -0.3 is 0 Å². The zero-order valence-corrected chi connectivity index (χ0v) is 13.7. The van der Waals surface area contributed by atoms with E-state index in [1.165, 1.54) is 11.3 Å². The molecule has 110 valence electrons. The zero-order valence-electron chi connectivity index (χ0n) is 11.3. The molecular formula is C13H17ClN2O2S2. The van der Waals surface area contributed by atoms with Gasteiger partial charge in [-0.2, -0.15) is 5.26 Å². The van der Waals surface area contributed by atoms with Crippen LogP contribution < -0.4 is 4.72 Å². The molecule has 0 spiro atoms. The van der Waals surface area contributed by atoms with Gasteiger partial charge in [-0.3, -0.25) is 4.72 Å². The minimum atomic E-state index is -3.42. The third kappa shape index (κ3) is 3.46. The van der Waals surface area contributed by atoms with E-state index in [0.29, 0.717) is 28.8 Å². The highest BCUT2D eigenvalue weighted by Gasteiger charge is 2.25. The summed E-state index contributed by atoms with van der Waals surface area (Å²) in [6.45, 7) is 2.18. The lowest BCUT2D eigenvalue weighted by Crippen LogP contribution is -2.17. The first-order valence-electron chi connectivity index (χ1n) is 6.58. The molecule has 0 saturated carbocycles. The molecule has 2 rings (SSSR count). The molecule has 0 aliphatic heterocycles. The van der Waals surface area contributed by atoms with Gasteiger partial charge in [-0.15, -0.1) is 22.9 Å².